The fourth-order valence-corrected chi connectivity index (χ4v) is 3.27. The predicted octanol–water partition coefficient (Wildman–Crippen LogP) is 1.62. The summed E-state index contributed by atoms with van der Waals surface area (Å²) < 4.78 is 10.5. The number of amides is 1. The van der Waals surface area contributed by atoms with Crippen molar-refractivity contribution in [1.82, 2.24) is 4.37 Å². The molecule has 0 aliphatic carbocycles. The van der Waals surface area contributed by atoms with Gasteiger partial charge >= 0.3 is 0 Å². The summed E-state index contributed by atoms with van der Waals surface area (Å²) in [4.78, 5) is 13.5. The number of aromatic nitrogens is 1. The van der Waals surface area contributed by atoms with Gasteiger partial charge in [-0.05, 0) is 36.2 Å². The first kappa shape index (κ1) is 12.4. The van der Waals surface area contributed by atoms with Gasteiger partial charge in [0.1, 0.15) is 5.69 Å². The van der Waals surface area contributed by atoms with E-state index in [0.717, 1.165) is 35.3 Å². The second-order valence-electron chi connectivity index (χ2n) is 4.67. The number of hydrogen-bond acceptors (Lipinski definition) is 5. The highest BCUT2D eigenvalue weighted by atomic mass is 32.1. The van der Waals surface area contributed by atoms with Crippen LogP contribution < -0.4 is 10.6 Å². The topological polar surface area (TPSA) is 68.5 Å². The predicted molar refractivity (Wildman–Crippen MR) is 75.8 cm³/mol. The molecule has 0 spiro atoms. The number of fused-ring (bicyclic) bond motifs is 1. The summed E-state index contributed by atoms with van der Waals surface area (Å²) in [5.74, 6) is -0.473. The van der Waals surface area contributed by atoms with Crippen LogP contribution in [0, 0.1) is 0 Å². The summed E-state index contributed by atoms with van der Waals surface area (Å²) in [5, 5.41) is 0.837. The number of anilines is 1. The third-order valence-corrected chi connectivity index (χ3v) is 4.34. The molecule has 1 aliphatic heterocycles. The van der Waals surface area contributed by atoms with Crippen molar-refractivity contribution in [3.8, 4) is 0 Å². The number of carbonyl (C=O) groups is 1. The lowest BCUT2D eigenvalue weighted by molar-refractivity contribution is 0.0998. The van der Waals surface area contributed by atoms with E-state index in [-0.39, 0.29) is 0 Å². The van der Waals surface area contributed by atoms with Gasteiger partial charge in [0.15, 0.2) is 0 Å². The Morgan fingerprint density at radius 3 is 3.11 bits per heavy atom. The van der Waals surface area contributed by atoms with Crippen LogP contribution in [0.2, 0.25) is 0 Å². The van der Waals surface area contributed by atoms with Gasteiger partial charge in [-0.1, -0.05) is 0 Å². The monoisotopic (exact) mass is 277 g/mol. The van der Waals surface area contributed by atoms with Crippen LogP contribution in [0.5, 0.6) is 0 Å². The molecule has 1 unspecified atom stereocenters. The molecule has 2 N–H and O–H groups in total. The first-order valence-corrected chi connectivity index (χ1v) is 6.93. The van der Waals surface area contributed by atoms with Gasteiger partial charge in [0, 0.05) is 31.3 Å². The molecule has 5 nitrogen and oxygen atoms in total. The van der Waals surface area contributed by atoms with E-state index in [1.165, 1.54) is 11.5 Å². The molecule has 2 heterocycles. The Balaban J connectivity index is 1.93. The van der Waals surface area contributed by atoms with Gasteiger partial charge in [-0.25, -0.2) is 0 Å². The number of methoxy groups -OCH3 is 1. The maximum absolute atomic E-state index is 11.2. The van der Waals surface area contributed by atoms with Crippen LogP contribution in [-0.4, -0.2) is 36.6 Å². The minimum atomic E-state index is -0.473. The number of primary amides is 1. The quantitative estimate of drug-likeness (QED) is 0.925. The second-order valence-corrected chi connectivity index (χ2v) is 5.47. The van der Waals surface area contributed by atoms with Gasteiger partial charge in [0.25, 0.3) is 5.91 Å². The van der Waals surface area contributed by atoms with Gasteiger partial charge < -0.3 is 15.4 Å². The highest BCUT2D eigenvalue weighted by Crippen LogP contribution is 2.29. The minimum Gasteiger partial charge on any atom is -0.380 e. The molecule has 1 aliphatic rings. The lowest BCUT2D eigenvalue weighted by Crippen LogP contribution is -2.21. The molecule has 0 saturated carbocycles. The normalized spacial score (nSPS) is 19.2. The highest BCUT2D eigenvalue weighted by Gasteiger charge is 2.23. The van der Waals surface area contributed by atoms with Crippen molar-refractivity contribution in [1.29, 1.82) is 0 Å². The average molecular weight is 277 g/mol. The lowest BCUT2D eigenvalue weighted by Gasteiger charge is -2.18. The summed E-state index contributed by atoms with van der Waals surface area (Å²) in [6.45, 7) is 1.90. The number of ether oxygens (including phenoxy) is 1. The zero-order valence-electron chi connectivity index (χ0n) is 10.6. The largest absolute Gasteiger partial charge is 0.380 e. The van der Waals surface area contributed by atoms with Crippen LogP contribution in [-0.2, 0) is 4.74 Å². The first-order chi connectivity index (χ1) is 9.19. The Morgan fingerprint density at radius 2 is 2.42 bits per heavy atom. The van der Waals surface area contributed by atoms with Crippen molar-refractivity contribution in [3.63, 3.8) is 0 Å². The average Bonchev–Trinajstić information content (AvgIpc) is 3.04. The zero-order chi connectivity index (χ0) is 13.4. The molecule has 19 heavy (non-hydrogen) atoms. The molecule has 2 aromatic rings. The third kappa shape index (κ3) is 2.17. The van der Waals surface area contributed by atoms with Crippen LogP contribution in [0.15, 0.2) is 18.2 Å². The SMILES string of the molecule is COC1CCN(c2ccc3c(C(N)=O)nsc3c2)C1. The highest BCUT2D eigenvalue weighted by molar-refractivity contribution is 7.13. The number of nitrogens with two attached hydrogens (primary N) is 1. The van der Waals surface area contributed by atoms with E-state index >= 15 is 0 Å². The van der Waals surface area contributed by atoms with Gasteiger partial charge in [-0.15, -0.1) is 0 Å². The van der Waals surface area contributed by atoms with E-state index in [1.54, 1.807) is 7.11 Å². The van der Waals surface area contributed by atoms with Gasteiger partial charge in [-0.3, -0.25) is 4.79 Å². The van der Waals surface area contributed by atoms with Crippen LogP contribution in [0.3, 0.4) is 0 Å². The Morgan fingerprint density at radius 1 is 1.58 bits per heavy atom. The minimum absolute atomic E-state index is 0.304. The Labute approximate surface area is 115 Å². The number of carbonyl (C=O) groups excluding carboxylic acids is 1. The molecular weight excluding hydrogens is 262 g/mol. The first-order valence-electron chi connectivity index (χ1n) is 6.16. The van der Waals surface area contributed by atoms with Crippen LogP contribution in [0.4, 0.5) is 5.69 Å². The molecule has 1 aromatic heterocycles. The second kappa shape index (κ2) is 4.79. The Kier molecular flexibility index (Phi) is 3.12. The maximum Gasteiger partial charge on any atom is 0.269 e. The molecule has 0 radical (unpaired) electrons. The van der Waals surface area contributed by atoms with E-state index in [0.29, 0.717) is 11.8 Å². The zero-order valence-corrected chi connectivity index (χ0v) is 11.4. The molecule has 3 rings (SSSR count). The van der Waals surface area contributed by atoms with Crippen molar-refractivity contribution in [3.05, 3.63) is 23.9 Å². The number of hydrogen-bond donors (Lipinski definition) is 1. The number of rotatable bonds is 3. The van der Waals surface area contributed by atoms with Crippen molar-refractivity contribution < 1.29 is 9.53 Å². The Hall–Kier alpha value is -1.66. The summed E-state index contributed by atoms with van der Waals surface area (Å²) in [6.07, 6.45) is 1.35. The van der Waals surface area contributed by atoms with E-state index in [1.807, 2.05) is 12.1 Å². The van der Waals surface area contributed by atoms with Gasteiger partial charge in [0.05, 0.1) is 10.8 Å². The fraction of sp³-hybridized carbons (Fsp3) is 0.385. The Bertz CT molecular complexity index is 625. The smallest absolute Gasteiger partial charge is 0.269 e. The molecule has 100 valence electrons. The third-order valence-electron chi connectivity index (χ3n) is 3.53. The fourth-order valence-electron chi connectivity index (χ4n) is 2.46. The summed E-state index contributed by atoms with van der Waals surface area (Å²) in [6, 6.07) is 6.01. The molecule has 1 amide bonds. The van der Waals surface area contributed by atoms with E-state index < -0.39 is 5.91 Å². The van der Waals surface area contributed by atoms with E-state index in [9.17, 15) is 4.79 Å². The number of benzene rings is 1. The summed E-state index contributed by atoms with van der Waals surface area (Å²) in [7, 11) is 1.75. The van der Waals surface area contributed by atoms with E-state index in [4.69, 9.17) is 10.5 Å². The maximum atomic E-state index is 11.2. The molecule has 1 fully saturated rings. The van der Waals surface area contributed by atoms with Gasteiger partial charge in [0.2, 0.25) is 0 Å². The van der Waals surface area contributed by atoms with Crippen LogP contribution >= 0.6 is 11.5 Å². The molecule has 1 saturated heterocycles. The van der Waals surface area contributed by atoms with E-state index in [2.05, 4.69) is 15.3 Å². The summed E-state index contributed by atoms with van der Waals surface area (Å²) in [5.41, 5.74) is 6.81. The standard InChI is InChI=1S/C13H15N3O2S/c1-18-9-4-5-16(7-9)8-2-3-10-11(6-8)19-15-12(10)13(14)17/h2-3,6,9H,4-5,7H2,1H3,(H2,14,17). The molecule has 6 heteroatoms. The molecule has 1 aromatic carbocycles. The molecular formula is C13H15N3O2S. The van der Waals surface area contributed by atoms with Crippen LogP contribution in [0.1, 0.15) is 16.9 Å². The van der Waals surface area contributed by atoms with Crippen molar-refractivity contribution >= 4 is 33.2 Å². The van der Waals surface area contributed by atoms with Crippen molar-refractivity contribution in [2.24, 2.45) is 5.73 Å². The number of nitrogens with zero attached hydrogens (tertiary/aromatic N) is 2. The lowest BCUT2D eigenvalue weighted by atomic mass is 10.2. The van der Waals surface area contributed by atoms with Crippen LogP contribution in [0.25, 0.3) is 10.1 Å². The van der Waals surface area contributed by atoms with Gasteiger partial charge in [-0.2, -0.15) is 4.37 Å². The van der Waals surface area contributed by atoms with Crippen molar-refractivity contribution in [2.45, 2.75) is 12.5 Å². The summed E-state index contributed by atoms with van der Waals surface area (Å²) >= 11 is 1.31. The van der Waals surface area contributed by atoms with Crippen molar-refractivity contribution in [2.75, 3.05) is 25.1 Å². The molecule has 1 atom stereocenters. The molecule has 0 bridgehead atoms.